The van der Waals surface area contributed by atoms with Crippen molar-refractivity contribution in [1.82, 2.24) is 9.97 Å². The van der Waals surface area contributed by atoms with Gasteiger partial charge in [-0.1, -0.05) is 76.2 Å². The highest BCUT2D eigenvalue weighted by atomic mass is 33.1. The van der Waals surface area contributed by atoms with Crippen LogP contribution in [-0.2, 0) is 0 Å². The molecule has 0 saturated carbocycles. The average molecular weight is 501 g/mol. The molecule has 0 aliphatic carbocycles. The minimum absolute atomic E-state index is 0.384. The molecule has 3 aromatic carbocycles. The highest BCUT2D eigenvalue weighted by molar-refractivity contribution is 8.78. The summed E-state index contributed by atoms with van der Waals surface area (Å²) in [4.78, 5) is 9.51. The van der Waals surface area contributed by atoms with Crippen molar-refractivity contribution in [2.24, 2.45) is 0 Å². The van der Waals surface area contributed by atoms with Crippen molar-refractivity contribution in [3.63, 3.8) is 0 Å². The van der Waals surface area contributed by atoms with Gasteiger partial charge in [-0.05, 0) is 51.4 Å². The van der Waals surface area contributed by atoms with Gasteiger partial charge in [0.25, 0.3) is 0 Å². The molecule has 1 atom stereocenters. The van der Waals surface area contributed by atoms with E-state index in [1.807, 2.05) is 33.7 Å². The van der Waals surface area contributed by atoms with Gasteiger partial charge in [0, 0.05) is 5.75 Å². The molecule has 2 nitrogen and oxygen atoms in total. The summed E-state index contributed by atoms with van der Waals surface area (Å²) in [6.07, 6.45) is 0. The van der Waals surface area contributed by atoms with Crippen LogP contribution >= 0.6 is 65.8 Å². The molecule has 150 valence electrons. The molecule has 0 amide bonds. The Labute approximate surface area is 199 Å². The number of nitrogens with zero attached hydrogens (tertiary/aromatic N) is 2. The van der Waals surface area contributed by atoms with Crippen LogP contribution in [0.1, 0.15) is 10.8 Å². The van der Waals surface area contributed by atoms with Gasteiger partial charge in [0.05, 0.1) is 25.7 Å². The molecule has 2 heterocycles. The standard InChI is InChI=1S/C22H16N2S6/c1-2-8-15(9-3-1)20(28-30-22-24-17-11-5-7-13-19(17)27-22)14-25-29-21-23-16-10-4-6-12-18(16)26-21/h1-13,20H,14H2. The molecule has 5 rings (SSSR count). The Bertz CT molecular complexity index is 1180. The number of para-hydroxylation sites is 2. The largest absolute Gasteiger partial charge is 0.229 e. The summed E-state index contributed by atoms with van der Waals surface area (Å²) in [6, 6.07) is 27.4. The number of aromatic nitrogens is 2. The predicted octanol–water partition coefficient (Wildman–Crippen LogP) is 8.83. The van der Waals surface area contributed by atoms with Crippen molar-refractivity contribution in [3.8, 4) is 0 Å². The Morgan fingerprint density at radius 3 is 1.87 bits per heavy atom. The maximum atomic E-state index is 4.77. The first-order chi connectivity index (χ1) is 14.8. The molecule has 0 aliphatic rings. The molecular formula is C22H16N2S6. The van der Waals surface area contributed by atoms with Crippen molar-refractivity contribution in [1.29, 1.82) is 0 Å². The van der Waals surface area contributed by atoms with Crippen molar-refractivity contribution < 1.29 is 0 Å². The van der Waals surface area contributed by atoms with Crippen LogP contribution in [0.25, 0.3) is 20.4 Å². The molecule has 0 saturated heterocycles. The first-order valence-corrected chi connectivity index (χ1v) is 15.4. The monoisotopic (exact) mass is 500 g/mol. The zero-order valence-electron chi connectivity index (χ0n) is 15.6. The van der Waals surface area contributed by atoms with Crippen molar-refractivity contribution >= 4 is 86.3 Å². The third-order valence-electron chi connectivity index (χ3n) is 4.31. The van der Waals surface area contributed by atoms with E-state index in [0.717, 1.165) is 25.5 Å². The Kier molecular flexibility index (Phi) is 6.89. The quantitative estimate of drug-likeness (QED) is 0.197. The lowest BCUT2D eigenvalue weighted by Gasteiger charge is -2.14. The maximum Gasteiger partial charge on any atom is 0.161 e. The molecule has 2 aromatic heterocycles. The lowest BCUT2D eigenvalue weighted by Crippen LogP contribution is -1.95. The first kappa shape index (κ1) is 20.7. The Balaban J connectivity index is 1.25. The summed E-state index contributed by atoms with van der Waals surface area (Å²) in [5.74, 6) is 1.01. The van der Waals surface area contributed by atoms with E-state index in [4.69, 9.17) is 9.97 Å². The van der Waals surface area contributed by atoms with E-state index in [9.17, 15) is 0 Å². The summed E-state index contributed by atoms with van der Waals surface area (Å²) in [6.45, 7) is 0. The van der Waals surface area contributed by atoms with Gasteiger partial charge >= 0.3 is 0 Å². The second-order valence-corrected chi connectivity index (χ2v) is 13.6. The lowest BCUT2D eigenvalue weighted by molar-refractivity contribution is 1.13. The fraction of sp³-hybridized carbons (Fsp3) is 0.0909. The maximum absolute atomic E-state index is 4.77. The van der Waals surface area contributed by atoms with Crippen LogP contribution in [0.4, 0.5) is 0 Å². The zero-order valence-corrected chi connectivity index (χ0v) is 20.5. The molecule has 30 heavy (non-hydrogen) atoms. The van der Waals surface area contributed by atoms with E-state index in [-0.39, 0.29) is 0 Å². The molecule has 8 heteroatoms. The number of rotatable bonds is 8. The molecule has 0 radical (unpaired) electrons. The SMILES string of the molecule is c1ccc(C(CSSc2nc3ccccc3s2)SSc2nc3ccccc3s2)cc1. The molecular weight excluding hydrogens is 485 g/mol. The first-order valence-electron chi connectivity index (χ1n) is 9.24. The van der Waals surface area contributed by atoms with E-state index >= 15 is 0 Å². The number of fused-ring (bicyclic) bond motifs is 2. The number of hydrogen-bond acceptors (Lipinski definition) is 8. The van der Waals surface area contributed by atoms with Gasteiger partial charge in [0.1, 0.15) is 0 Å². The fourth-order valence-electron chi connectivity index (χ4n) is 2.87. The Morgan fingerprint density at radius 2 is 1.23 bits per heavy atom. The van der Waals surface area contributed by atoms with E-state index in [2.05, 4.69) is 66.7 Å². The normalized spacial score (nSPS) is 12.5. The highest BCUT2D eigenvalue weighted by Gasteiger charge is 2.16. The van der Waals surface area contributed by atoms with E-state index < -0.39 is 0 Å². The number of hydrogen-bond donors (Lipinski definition) is 0. The van der Waals surface area contributed by atoms with Crippen LogP contribution in [0.3, 0.4) is 0 Å². The summed E-state index contributed by atoms with van der Waals surface area (Å²) in [5, 5.41) is 0.384. The van der Waals surface area contributed by atoms with Gasteiger partial charge in [0.2, 0.25) is 0 Å². The molecule has 5 aromatic rings. The van der Waals surface area contributed by atoms with Crippen LogP contribution in [0.2, 0.25) is 0 Å². The van der Waals surface area contributed by atoms with Gasteiger partial charge < -0.3 is 0 Å². The third kappa shape index (κ3) is 5.00. The molecule has 0 spiro atoms. The summed E-state index contributed by atoms with van der Waals surface area (Å²) in [5.41, 5.74) is 3.53. The van der Waals surface area contributed by atoms with E-state index in [0.29, 0.717) is 5.25 Å². The fourth-order valence-corrected chi connectivity index (χ4v) is 10.9. The van der Waals surface area contributed by atoms with Gasteiger partial charge in [-0.3, -0.25) is 0 Å². The van der Waals surface area contributed by atoms with Gasteiger partial charge in [-0.2, -0.15) is 0 Å². The van der Waals surface area contributed by atoms with Crippen LogP contribution in [-0.4, -0.2) is 15.7 Å². The van der Waals surface area contributed by atoms with Gasteiger partial charge in [-0.25, -0.2) is 9.97 Å². The van der Waals surface area contributed by atoms with E-state index in [1.54, 1.807) is 44.3 Å². The van der Waals surface area contributed by atoms with Crippen LogP contribution in [0, 0.1) is 0 Å². The predicted molar refractivity (Wildman–Crippen MR) is 140 cm³/mol. The molecule has 0 fully saturated rings. The lowest BCUT2D eigenvalue weighted by atomic mass is 10.2. The highest BCUT2D eigenvalue weighted by Crippen LogP contribution is 2.48. The van der Waals surface area contributed by atoms with Gasteiger partial charge in [-0.15, -0.1) is 22.7 Å². The van der Waals surface area contributed by atoms with E-state index in [1.165, 1.54) is 15.0 Å². The van der Waals surface area contributed by atoms with Crippen molar-refractivity contribution in [2.75, 3.05) is 5.75 Å². The smallest absolute Gasteiger partial charge is 0.161 e. The average Bonchev–Trinajstić information content (AvgIpc) is 3.39. The Hall–Kier alpha value is -1.16. The molecule has 1 unspecified atom stereocenters. The van der Waals surface area contributed by atoms with Gasteiger partial charge in [0.15, 0.2) is 8.68 Å². The zero-order chi connectivity index (χ0) is 20.2. The molecule has 0 bridgehead atoms. The molecule has 0 aliphatic heterocycles. The second kappa shape index (κ2) is 9.97. The van der Waals surface area contributed by atoms with Crippen LogP contribution in [0.5, 0.6) is 0 Å². The Morgan fingerprint density at radius 1 is 0.667 bits per heavy atom. The summed E-state index contributed by atoms with van der Waals surface area (Å²) < 4.78 is 4.74. The molecule has 0 N–H and O–H groups in total. The number of thiazole rings is 2. The second-order valence-electron chi connectivity index (χ2n) is 6.34. The van der Waals surface area contributed by atoms with Crippen molar-refractivity contribution in [3.05, 3.63) is 84.4 Å². The topological polar surface area (TPSA) is 25.8 Å². The third-order valence-corrected chi connectivity index (χ3v) is 12.3. The number of benzene rings is 3. The minimum atomic E-state index is 0.384. The summed E-state index contributed by atoms with van der Waals surface area (Å²) >= 11 is 3.54. The van der Waals surface area contributed by atoms with Crippen LogP contribution in [0.15, 0.2) is 87.5 Å². The van der Waals surface area contributed by atoms with Crippen LogP contribution < -0.4 is 0 Å². The van der Waals surface area contributed by atoms with Crippen molar-refractivity contribution in [2.45, 2.75) is 13.9 Å². The minimum Gasteiger partial charge on any atom is -0.229 e. The summed E-state index contributed by atoms with van der Waals surface area (Å²) in [7, 11) is 7.35.